The van der Waals surface area contributed by atoms with Gasteiger partial charge in [0.05, 0.1) is 23.9 Å². The number of nitrogens with one attached hydrogen (secondary N) is 2. The molecule has 0 aliphatic carbocycles. The summed E-state index contributed by atoms with van der Waals surface area (Å²) in [5.41, 5.74) is 2.27. The van der Waals surface area contributed by atoms with E-state index in [0.717, 1.165) is 47.5 Å². The molecule has 1 unspecified atom stereocenters. The number of likely N-dealkylation sites (N-methyl/N-ethyl adjacent to an activating group) is 1. The van der Waals surface area contributed by atoms with Crippen LogP contribution in [0.4, 0.5) is 0 Å². The van der Waals surface area contributed by atoms with E-state index in [9.17, 15) is 0 Å². The number of aliphatic imine (C=N–C) groups is 1. The fraction of sp³-hybridized carbons (Fsp3) is 0.474. The molecule has 0 radical (unpaired) electrons. The zero-order valence-corrected chi connectivity index (χ0v) is 19.8. The first-order chi connectivity index (χ1) is 12.5. The van der Waals surface area contributed by atoms with E-state index in [0.29, 0.717) is 0 Å². The number of thiazole rings is 1. The van der Waals surface area contributed by atoms with Crippen molar-refractivity contribution < 1.29 is 4.74 Å². The Hall–Kier alpha value is -1.39. The Morgan fingerprint density at radius 2 is 2.04 bits per heavy atom. The minimum absolute atomic E-state index is 0. The Balaban J connectivity index is 0.00000364. The van der Waals surface area contributed by atoms with Crippen LogP contribution in [0.25, 0.3) is 0 Å². The quantitative estimate of drug-likeness (QED) is 0.330. The molecule has 150 valence electrons. The van der Waals surface area contributed by atoms with Crippen LogP contribution in [0.15, 0.2) is 34.6 Å². The second-order valence-corrected chi connectivity index (χ2v) is 7.27. The molecule has 0 spiro atoms. The minimum Gasteiger partial charge on any atom is -0.496 e. The molecule has 0 saturated heterocycles. The monoisotopic (exact) mass is 503 g/mol. The predicted molar refractivity (Wildman–Crippen MR) is 125 cm³/mol. The molecule has 2 N–H and O–H groups in total. The van der Waals surface area contributed by atoms with Crippen LogP contribution in [0, 0.1) is 6.92 Å². The molecule has 2 rings (SSSR count). The summed E-state index contributed by atoms with van der Waals surface area (Å²) < 4.78 is 5.52. The van der Waals surface area contributed by atoms with Crippen LogP contribution in [0.3, 0.4) is 0 Å². The van der Waals surface area contributed by atoms with Crippen molar-refractivity contribution in [1.29, 1.82) is 0 Å². The Bertz CT molecular complexity index is 720. The van der Waals surface area contributed by atoms with Gasteiger partial charge in [-0.15, -0.1) is 35.3 Å². The zero-order chi connectivity index (χ0) is 18.9. The van der Waals surface area contributed by atoms with Gasteiger partial charge in [0.1, 0.15) is 5.75 Å². The van der Waals surface area contributed by atoms with Crippen molar-refractivity contribution in [1.82, 2.24) is 20.5 Å². The maximum Gasteiger partial charge on any atom is 0.191 e. The molecule has 0 bridgehead atoms. The van der Waals surface area contributed by atoms with Gasteiger partial charge in [-0.1, -0.05) is 18.2 Å². The average Bonchev–Trinajstić information content (AvgIpc) is 3.05. The second-order valence-electron chi connectivity index (χ2n) is 6.21. The predicted octanol–water partition coefficient (Wildman–Crippen LogP) is 3.09. The number of aryl methyl sites for hydroxylation is 1. The first-order valence-electron chi connectivity index (χ1n) is 8.70. The smallest absolute Gasteiger partial charge is 0.191 e. The Kier molecular flexibility index (Phi) is 10.6. The molecule has 1 aromatic heterocycles. The van der Waals surface area contributed by atoms with Crippen molar-refractivity contribution >= 4 is 41.3 Å². The highest BCUT2D eigenvalue weighted by molar-refractivity contribution is 14.0. The number of hydrogen-bond acceptors (Lipinski definition) is 5. The molecule has 1 heterocycles. The van der Waals surface area contributed by atoms with Crippen LogP contribution >= 0.6 is 35.3 Å². The van der Waals surface area contributed by atoms with Gasteiger partial charge in [-0.2, -0.15) is 0 Å². The second kappa shape index (κ2) is 12.1. The molecular weight excluding hydrogens is 473 g/mol. The summed E-state index contributed by atoms with van der Waals surface area (Å²) in [5, 5.41) is 9.98. The maximum atomic E-state index is 5.52. The largest absolute Gasteiger partial charge is 0.496 e. The first kappa shape index (κ1) is 23.6. The van der Waals surface area contributed by atoms with Gasteiger partial charge < -0.3 is 20.3 Å². The van der Waals surface area contributed by atoms with Gasteiger partial charge in [-0.25, -0.2) is 4.98 Å². The SMILES string of the molecule is CN=C(NCCc1csc(C)n1)NCC(c1ccccc1OC)N(C)C.I. The number of rotatable bonds is 8. The van der Waals surface area contributed by atoms with Crippen LogP contribution in [-0.2, 0) is 6.42 Å². The van der Waals surface area contributed by atoms with Crippen molar-refractivity contribution in [2.45, 2.75) is 19.4 Å². The van der Waals surface area contributed by atoms with Gasteiger partial charge in [0, 0.05) is 37.5 Å². The lowest BCUT2D eigenvalue weighted by atomic mass is 10.0. The van der Waals surface area contributed by atoms with Gasteiger partial charge in [0.15, 0.2) is 5.96 Å². The van der Waals surface area contributed by atoms with E-state index in [1.54, 1.807) is 25.5 Å². The van der Waals surface area contributed by atoms with Crippen molar-refractivity contribution in [3.05, 3.63) is 45.9 Å². The summed E-state index contributed by atoms with van der Waals surface area (Å²) in [6.45, 7) is 3.55. The van der Waals surface area contributed by atoms with Crippen LogP contribution < -0.4 is 15.4 Å². The molecule has 1 atom stereocenters. The summed E-state index contributed by atoms with van der Waals surface area (Å²) >= 11 is 1.69. The summed E-state index contributed by atoms with van der Waals surface area (Å²) in [6.07, 6.45) is 0.884. The van der Waals surface area contributed by atoms with Crippen LogP contribution in [0.5, 0.6) is 5.75 Å². The van der Waals surface area contributed by atoms with Crippen LogP contribution in [0.2, 0.25) is 0 Å². The Morgan fingerprint density at radius 1 is 1.30 bits per heavy atom. The number of hydrogen-bond donors (Lipinski definition) is 2. The Labute approximate surface area is 183 Å². The van der Waals surface area contributed by atoms with Gasteiger partial charge in [0.25, 0.3) is 0 Å². The van der Waals surface area contributed by atoms with Crippen molar-refractivity contribution in [3.8, 4) is 5.75 Å². The number of methoxy groups -OCH3 is 1. The molecule has 0 saturated carbocycles. The standard InChI is InChI=1S/C19H29N5OS.HI/c1-14-23-15(13-26-14)10-11-21-19(20-2)22-12-17(24(3)4)16-8-6-7-9-18(16)25-5;/h6-9,13,17H,10-12H2,1-5H3,(H2,20,21,22);1H. The third kappa shape index (κ3) is 7.27. The summed E-state index contributed by atoms with van der Waals surface area (Å²) in [6, 6.07) is 8.30. The summed E-state index contributed by atoms with van der Waals surface area (Å²) in [7, 11) is 7.63. The van der Waals surface area contributed by atoms with Gasteiger partial charge in [-0.3, -0.25) is 4.99 Å². The number of guanidine groups is 1. The Morgan fingerprint density at radius 3 is 2.63 bits per heavy atom. The number of halogens is 1. The highest BCUT2D eigenvalue weighted by Gasteiger charge is 2.18. The molecule has 1 aromatic carbocycles. The van der Waals surface area contributed by atoms with E-state index in [1.807, 2.05) is 25.1 Å². The lowest BCUT2D eigenvalue weighted by Gasteiger charge is -2.27. The molecule has 8 heteroatoms. The molecule has 0 amide bonds. The van der Waals surface area contributed by atoms with Gasteiger partial charge in [-0.05, 0) is 27.1 Å². The molecule has 0 aliphatic rings. The number of para-hydroxylation sites is 1. The molecule has 2 aromatic rings. The fourth-order valence-corrected chi connectivity index (χ4v) is 3.41. The van der Waals surface area contributed by atoms with Crippen molar-refractivity contribution in [2.75, 3.05) is 41.3 Å². The molecule has 27 heavy (non-hydrogen) atoms. The van der Waals surface area contributed by atoms with Crippen molar-refractivity contribution in [2.24, 2.45) is 4.99 Å². The van der Waals surface area contributed by atoms with Crippen molar-refractivity contribution in [3.63, 3.8) is 0 Å². The van der Waals surface area contributed by atoms with E-state index in [1.165, 1.54) is 0 Å². The highest BCUT2D eigenvalue weighted by Crippen LogP contribution is 2.27. The maximum absolute atomic E-state index is 5.52. The fourth-order valence-electron chi connectivity index (χ4n) is 2.76. The lowest BCUT2D eigenvalue weighted by molar-refractivity contribution is 0.288. The number of aromatic nitrogens is 1. The molecule has 0 aliphatic heterocycles. The lowest BCUT2D eigenvalue weighted by Crippen LogP contribution is -2.42. The van der Waals surface area contributed by atoms with E-state index < -0.39 is 0 Å². The first-order valence-corrected chi connectivity index (χ1v) is 9.58. The number of nitrogens with zero attached hydrogens (tertiary/aromatic N) is 3. The number of benzene rings is 1. The minimum atomic E-state index is 0. The van der Waals surface area contributed by atoms with Gasteiger partial charge in [0.2, 0.25) is 0 Å². The third-order valence-electron chi connectivity index (χ3n) is 4.15. The van der Waals surface area contributed by atoms with E-state index in [-0.39, 0.29) is 30.0 Å². The van der Waals surface area contributed by atoms with Crippen LogP contribution in [-0.4, -0.2) is 57.2 Å². The van der Waals surface area contributed by atoms with E-state index >= 15 is 0 Å². The highest BCUT2D eigenvalue weighted by atomic mass is 127. The normalized spacial score (nSPS) is 12.4. The summed E-state index contributed by atoms with van der Waals surface area (Å²) in [4.78, 5) is 11.0. The van der Waals surface area contributed by atoms with Crippen LogP contribution in [0.1, 0.15) is 22.3 Å². The number of ether oxygens (including phenoxy) is 1. The molecule has 6 nitrogen and oxygen atoms in total. The molecular formula is C19H30IN5OS. The topological polar surface area (TPSA) is 61.8 Å². The average molecular weight is 503 g/mol. The van der Waals surface area contributed by atoms with E-state index in [4.69, 9.17) is 4.74 Å². The zero-order valence-electron chi connectivity index (χ0n) is 16.7. The van der Waals surface area contributed by atoms with Gasteiger partial charge >= 0.3 is 0 Å². The molecule has 0 fully saturated rings. The van der Waals surface area contributed by atoms with E-state index in [2.05, 4.69) is 51.1 Å². The third-order valence-corrected chi connectivity index (χ3v) is 4.97. The summed E-state index contributed by atoms with van der Waals surface area (Å²) in [5.74, 6) is 1.69.